The van der Waals surface area contributed by atoms with Crippen LogP contribution in [0.3, 0.4) is 0 Å². The number of fused-ring (bicyclic) bond motifs is 1. The average Bonchev–Trinajstić information content (AvgIpc) is 3.79. The average molecular weight is 565 g/mol. The van der Waals surface area contributed by atoms with Crippen molar-refractivity contribution in [3.63, 3.8) is 0 Å². The predicted molar refractivity (Wildman–Crippen MR) is 147 cm³/mol. The van der Waals surface area contributed by atoms with Gasteiger partial charge in [-0.1, -0.05) is 54.6 Å². The van der Waals surface area contributed by atoms with Crippen LogP contribution in [0.2, 0.25) is 0 Å². The number of nitrogens with zero attached hydrogens (tertiary/aromatic N) is 1. The smallest absolute Gasteiger partial charge is 0.389 e. The van der Waals surface area contributed by atoms with Crippen LogP contribution in [-0.2, 0) is 33.8 Å². The highest BCUT2D eigenvalue weighted by molar-refractivity contribution is 5.91. The summed E-state index contributed by atoms with van der Waals surface area (Å²) in [6.45, 7) is 0.675. The summed E-state index contributed by atoms with van der Waals surface area (Å²) in [4.78, 5) is 39.3. The van der Waals surface area contributed by atoms with Gasteiger partial charge in [-0.05, 0) is 64.3 Å². The molecule has 3 aromatic carbocycles. The van der Waals surface area contributed by atoms with Crippen LogP contribution in [0.5, 0.6) is 0 Å². The second-order valence-electron chi connectivity index (χ2n) is 10.6. The molecule has 1 aliphatic carbocycles. The molecule has 2 unspecified atom stereocenters. The van der Waals surface area contributed by atoms with Crippen molar-refractivity contribution in [1.82, 2.24) is 10.2 Å². The Bertz CT molecular complexity index is 1460. The Morgan fingerprint density at radius 1 is 1.00 bits per heavy atom. The van der Waals surface area contributed by atoms with E-state index in [9.17, 15) is 27.6 Å². The van der Waals surface area contributed by atoms with Crippen LogP contribution < -0.4 is 5.32 Å². The Morgan fingerprint density at radius 3 is 2.51 bits per heavy atom. The predicted octanol–water partition coefficient (Wildman–Crippen LogP) is 5.79. The summed E-state index contributed by atoms with van der Waals surface area (Å²) in [6.07, 6.45) is -4.95. The standard InChI is InChI=1S/C32H31F3N2O4/c1-41-31(40)22-9-5-8-21(16-22)24-11-10-23(18-36-30(39)27-17-26(27)20-6-3-2-4-7-20)28-19-37(15-13-25(24)28)29(38)12-14-32(33,34)35/h2-11,16,26-27H,12-15,17-19H2,1H3,(H,36,39). The van der Waals surface area contributed by atoms with E-state index >= 15 is 0 Å². The minimum Gasteiger partial charge on any atom is -0.465 e. The monoisotopic (exact) mass is 564 g/mol. The van der Waals surface area contributed by atoms with E-state index in [0.29, 0.717) is 12.0 Å². The van der Waals surface area contributed by atoms with E-state index < -0.39 is 30.9 Å². The van der Waals surface area contributed by atoms with Crippen molar-refractivity contribution in [3.05, 3.63) is 94.5 Å². The third-order valence-electron chi connectivity index (χ3n) is 7.89. The lowest BCUT2D eigenvalue weighted by Crippen LogP contribution is -2.37. The van der Waals surface area contributed by atoms with E-state index in [1.165, 1.54) is 12.0 Å². The molecule has 5 rings (SSSR count). The molecule has 9 heteroatoms. The van der Waals surface area contributed by atoms with Crippen molar-refractivity contribution in [2.45, 2.75) is 50.9 Å². The molecule has 1 aliphatic heterocycles. The zero-order valence-electron chi connectivity index (χ0n) is 22.7. The summed E-state index contributed by atoms with van der Waals surface area (Å²) in [7, 11) is 1.31. The number of ether oxygens (including phenoxy) is 1. The lowest BCUT2D eigenvalue weighted by Gasteiger charge is -2.32. The second-order valence-corrected chi connectivity index (χ2v) is 10.6. The van der Waals surface area contributed by atoms with Crippen LogP contribution in [0.15, 0.2) is 66.7 Å². The number of rotatable bonds is 8. The van der Waals surface area contributed by atoms with Gasteiger partial charge in [0.25, 0.3) is 0 Å². The van der Waals surface area contributed by atoms with Gasteiger partial charge >= 0.3 is 12.1 Å². The van der Waals surface area contributed by atoms with Crippen molar-refractivity contribution in [3.8, 4) is 11.1 Å². The van der Waals surface area contributed by atoms with Crippen molar-refractivity contribution in [1.29, 1.82) is 0 Å². The first-order chi connectivity index (χ1) is 19.6. The van der Waals surface area contributed by atoms with E-state index in [2.05, 4.69) is 5.32 Å². The first-order valence-corrected chi connectivity index (χ1v) is 13.6. The minimum absolute atomic E-state index is 0.0450. The van der Waals surface area contributed by atoms with Gasteiger partial charge in [0, 0.05) is 32.0 Å². The van der Waals surface area contributed by atoms with Gasteiger partial charge in [-0.25, -0.2) is 4.79 Å². The van der Waals surface area contributed by atoms with Crippen LogP contribution in [-0.4, -0.2) is 42.5 Å². The first kappa shape index (κ1) is 28.4. The van der Waals surface area contributed by atoms with E-state index in [0.717, 1.165) is 39.8 Å². The molecule has 214 valence electrons. The fraction of sp³-hybridized carbons (Fsp3) is 0.344. The minimum atomic E-state index is -4.41. The number of methoxy groups -OCH3 is 1. The highest BCUT2D eigenvalue weighted by Crippen LogP contribution is 2.47. The number of halogens is 3. The molecule has 2 aliphatic rings. The number of carbonyl (C=O) groups is 3. The number of hydrogen-bond acceptors (Lipinski definition) is 4. The lowest BCUT2D eigenvalue weighted by molar-refractivity contribution is -0.149. The lowest BCUT2D eigenvalue weighted by atomic mass is 9.87. The Morgan fingerprint density at radius 2 is 1.78 bits per heavy atom. The molecule has 0 spiro atoms. The maximum Gasteiger partial charge on any atom is 0.389 e. The summed E-state index contributed by atoms with van der Waals surface area (Å²) in [6, 6.07) is 20.7. The molecule has 6 nitrogen and oxygen atoms in total. The fourth-order valence-electron chi connectivity index (χ4n) is 5.59. The molecular weight excluding hydrogens is 533 g/mol. The molecular formula is C32H31F3N2O4. The van der Waals surface area contributed by atoms with Crippen LogP contribution in [0.1, 0.15) is 57.8 Å². The van der Waals surface area contributed by atoms with Gasteiger partial charge in [0.15, 0.2) is 0 Å². The molecule has 3 aromatic rings. The van der Waals surface area contributed by atoms with E-state index in [4.69, 9.17) is 4.74 Å². The van der Waals surface area contributed by atoms with Crippen LogP contribution in [0, 0.1) is 5.92 Å². The van der Waals surface area contributed by atoms with Crippen molar-refractivity contribution in [2.24, 2.45) is 5.92 Å². The van der Waals surface area contributed by atoms with Crippen LogP contribution in [0.25, 0.3) is 11.1 Å². The Hall–Kier alpha value is -4.14. The van der Waals surface area contributed by atoms with Gasteiger partial charge < -0.3 is 15.0 Å². The number of amides is 2. The molecule has 1 heterocycles. The zero-order valence-corrected chi connectivity index (χ0v) is 22.7. The Balaban J connectivity index is 1.39. The van der Waals surface area contributed by atoms with Crippen molar-refractivity contribution < 1.29 is 32.3 Å². The number of nitrogens with one attached hydrogen (secondary N) is 1. The van der Waals surface area contributed by atoms with E-state index in [1.54, 1.807) is 18.2 Å². The van der Waals surface area contributed by atoms with Gasteiger partial charge in [0.2, 0.25) is 11.8 Å². The summed E-state index contributed by atoms with van der Waals surface area (Å²) in [5.41, 5.74) is 5.77. The Kier molecular flexibility index (Phi) is 8.15. The van der Waals surface area contributed by atoms with E-state index in [1.807, 2.05) is 48.5 Å². The Labute approximate surface area is 236 Å². The van der Waals surface area contributed by atoms with Gasteiger partial charge in [-0.15, -0.1) is 0 Å². The zero-order chi connectivity index (χ0) is 29.1. The SMILES string of the molecule is COC(=O)c1cccc(-c2ccc(CNC(=O)C3CC3c3ccccc3)c3c2CCN(C(=O)CCC(F)(F)F)C3)c1. The maximum absolute atomic E-state index is 13.0. The summed E-state index contributed by atoms with van der Waals surface area (Å²) < 4.78 is 43.2. The number of carbonyl (C=O) groups excluding carboxylic acids is 3. The molecule has 1 fully saturated rings. The maximum atomic E-state index is 13.0. The summed E-state index contributed by atoms with van der Waals surface area (Å²) in [5, 5.41) is 3.04. The number of alkyl halides is 3. The van der Waals surface area contributed by atoms with Gasteiger partial charge in [-0.3, -0.25) is 9.59 Å². The molecule has 0 aromatic heterocycles. The molecule has 0 saturated heterocycles. The largest absolute Gasteiger partial charge is 0.465 e. The highest BCUT2D eigenvalue weighted by atomic mass is 19.4. The van der Waals surface area contributed by atoms with Gasteiger partial charge in [0.05, 0.1) is 19.1 Å². The quantitative estimate of drug-likeness (QED) is 0.352. The van der Waals surface area contributed by atoms with Crippen molar-refractivity contribution in [2.75, 3.05) is 13.7 Å². The molecule has 1 saturated carbocycles. The molecule has 0 bridgehead atoms. The second kappa shape index (κ2) is 11.8. The van der Waals surface area contributed by atoms with E-state index in [-0.39, 0.29) is 37.4 Å². The first-order valence-electron chi connectivity index (χ1n) is 13.6. The number of benzene rings is 3. The molecule has 1 N–H and O–H groups in total. The molecule has 2 atom stereocenters. The highest BCUT2D eigenvalue weighted by Gasteiger charge is 2.43. The summed E-state index contributed by atoms with van der Waals surface area (Å²) in [5.74, 6) is -0.971. The van der Waals surface area contributed by atoms with Gasteiger partial charge in [0.1, 0.15) is 0 Å². The third kappa shape index (κ3) is 6.61. The van der Waals surface area contributed by atoms with Gasteiger partial charge in [-0.2, -0.15) is 13.2 Å². The van der Waals surface area contributed by atoms with Crippen LogP contribution >= 0.6 is 0 Å². The third-order valence-corrected chi connectivity index (χ3v) is 7.89. The fourth-order valence-corrected chi connectivity index (χ4v) is 5.59. The summed E-state index contributed by atoms with van der Waals surface area (Å²) >= 11 is 0. The van der Waals surface area contributed by atoms with Crippen LogP contribution in [0.4, 0.5) is 13.2 Å². The molecule has 41 heavy (non-hydrogen) atoms. The van der Waals surface area contributed by atoms with Crippen molar-refractivity contribution >= 4 is 17.8 Å². The topological polar surface area (TPSA) is 75.7 Å². The normalized spacial score (nSPS) is 17.9. The number of esters is 1. The number of hydrogen-bond donors (Lipinski definition) is 1. The molecule has 2 amide bonds. The molecule has 0 radical (unpaired) electrons.